The molecule has 4 heteroatoms. The molecular formula is C16H22N2O2. The van der Waals surface area contributed by atoms with Crippen molar-refractivity contribution in [1.29, 1.82) is 0 Å². The van der Waals surface area contributed by atoms with Gasteiger partial charge in [-0.3, -0.25) is 9.69 Å². The molecule has 0 saturated carbocycles. The van der Waals surface area contributed by atoms with Crippen molar-refractivity contribution in [1.82, 2.24) is 9.80 Å². The Bertz CT molecular complexity index is 509. The van der Waals surface area contributed by atoms with Crippen molar-refractivity contribution in [3.8, 4) is 0 Å². The Balaban J connectivity index is 1.89. The summed E-state index contributed by atoms with van der Waals surface area (Å²) in [4.78, 5) is 16.5. The third kappa shape index (κ3) is 2.23. The van der Waals surface area contributed by atoms with Crippen molar-refractivity contribution in [2.24, 2.45) is 0 Å². The van der Waals surface area contributed by atoms with E-state index >= 15 is 0 Å². The van der Waals surface area contributed by atoms with Gasteiger partial charge >= 0.3 is 5.97 Å². The van der Waals surface area contributed by atoms with Gasteiger partial charge in [0.15, 0.2) is 0 Å². The molecule has 1 aromatic carbocycles. The molecule has 1 atom stereocenters. The molecule has 20 heavy (non-hydrogen) atoms. The molecule has 4 nitrogen and oxygen atoms in total. The first-order chi connectivity index (χ1) is 9.62. The molecular weight excluding hydrogens is 252 g/mol. The van der Waals surface area contributed by atoms with E-state index in [4.69, 9.17) is 0 Å². The Morgan fingerprint density at radius 2 is 1.80 bits per heavy atom. The third-order valence-electron chi connectivity index (χ3n) is 4.92. The summed E-state index contributed by atoms with van der Waals surface area (Å²) >= 11 is 0. The molecule has 1 fully saturated rings. The van der Waals surface area contributed by atoms with Crippen LogP contribution in [0.5, 0.6) is 0 Å². The van der Waals surface area contributed by atoms with Gasteiger partial charge in [-0.25, -0.2) is 0 Å². The predicted molar refractivity (Wildman–Crippen MR) is 77.9 cm³/mol. The van der Waals surface area contributed by atoms with Crippen LogP contribution in [0.4, 0.5) is 0 Å². The summed E-state index contributed by atoms with van der Waals surface area (Å²) < 4.78 is 0. The molecule has 3 rings (SSSR count). The number of hydrogen-bond acceptors (Lipinski definition) is 3. The minimum atomic E-state index is -0.699. The molecule has 1 N–H and O–H groups in total. The van der Waals surface area contributed by atoms with Gasteiger partial charge in [-0.05, 0) is 31.0 Å². The highest BCUT2D eigenvalue weighted by Crippen LogP contribution is 2.34. The fraction of sp³-hybridized carbons (Fsp3) is 0.562. The Hall–Kier alpha value is -1.39. The number of hydrogen-bond donors (Lipinski definition) is 1. The number of aryl methyl sites for hydroxylation is 1. The lowest BCUT2D eigenvalue weighted by molar-refractivity contribution is -0.154. The van der Waals surface area contributed by atoms with Gasteiger partial charge < -0.3 is 10.0 Å². The average molecular weight is 274 g/mol. The maximum absolute atomic E-state index is 12.0. The van der Waals surface area contributed by atoms with Crippen molar-refractivity contribution < 1.29 is 9.90 Å². The number of carboxylic acid groups (broad SMARTS) is 1. The van der Waals surface area contributed by atoms with Crippen molar-refractivity contribution in [2.75, 3.05) is 33.2 Å². The van der Waals surface area contributed by atoms with E-state index in [9.17, 15) is 9.90 Å². The molecule has 2 aliphatic rings. The van der Waals surface area contributed by atoms with Crippen LogP contribution < -0.4 is 0 Å². The quantitative estimate of drug-likeness (QED) is 0.881. The van der Waals surface area contributed by atoms with Crippen LogP contribution in [-0.4, -0.2) is 59.6 Å². The second kappa shape index (κ2) is 5.19. The first-order valence-electron chi connectivity index (χ1n) is 7.36. The van der Waals surface area contributed by atoms with E-state index in [1.54, 1.807) is 0 Å². The highest BCUT2D eigenvalue weighted by atomic mass is 16.4. The van der Waals surface area contributed by atoms with Gasteiger partial charge in [-0.15, -0.1) is 0 Å². The summed E-state index contributed by atoms with van der Waals surface area (Å²) in [5, 5.41) is 9.88. The van der Waals surface area contributed by atoms with E-state index in [-0.39, 0.29) is 0 Å². The predicted octanol–water partition coefficient (Wildman–Crippen LogP) is 1.25. The van der Waals surface area contributed by atoms with E-state index < -0.39 is 11.5 Å². The highest BCUT2D eigenvalue weighted by Gasteiger charge is 2.46. The normalized spacial score (nSPS) is 28.1. The molecule has 1 aromatic rings. The lowest BCUT2D eigenvalue weighted by atomic mass is 9.76. The standard InChI is InChI=1S/C16H22N2O2/c1-17-8-10-18(11-9-17)16(15(19)20)7-6-13-4-2-3-5-14(13)12-16/h2-5H,6-12H2,1H3,(H,19,20). The van der Waals surface area contributed by atoms with Crippen molar-refractivity contribution in [3.63, 3.8) is 0 Å². The molecule has 0 radical (unpaired) electrons. The minimum absolute atomic E-state index is 0.641. The number of nitrogens with zero attached hydrogens (tertiary/aromatic N) is 2. The van der Waals surface area contributed by atoms with Crippen LogP contribution in [-0.2, 0) is 17.6 Å². The summed E-state index contributed by atoms with van der Waals surface area (Å²) in [6, 6.07) is 8.27. The van der Waals surface area contributed by atoms with Crippen LogP contribution in [0.25, 0.3) is 0 Å². The zero-order valence-electron chi connectivity index (χ0n) is 12.0. The van der Waals surface area contributed by atoms with Gasteiger partial charge in [-0.2, -0.15) is 0 Å². The van der Waals surface area contributed by atoms with E-state index in [1.165, 1.54) is 11.1 Å². The van der Waals surface area contributed by atoms with E-state index in [1.807, 2.05) is 12.1 Å². The first-order valence-corrected chi connectivity index (χ1v) is 7.36. The number of benzene rings is 1. The Labute approximate surface area is 120 Å². The number of likely N-dealkylation sites (N-methyl/N-ethyl adjacent to an activating group) is 1. The van der Waals surface area contributed by atoms with E-state index in [0.717, 1.165) is 39.0 Å². The SMILES string of the molecule is CN1CCN(C2(C(=O)O)CCc3ccccc3C2)CC1. The van der Waals surface area contributed by atoms with Gasteiger partial charge in [-0.1, -0.05) is 24.3 Å². The topological polar surface area (TPSA) is 43.8 Å². The fourth-order valence-electron chi connectivity index (χ4n) is 3.54. The Morgan fingerprint density at radius 1 is 1.15 bits per heavy atom. The van der Waals surface area contributed by atoms with Crippen molar-refractivity contribution in [3.05, 3.63) is 35.4 Å². The molecule has 0 bridgehead atoms. The second-order valence-electron chi connectivity index (χ2n) is 6.07. The minimum Gasteiger partial charge on any atom is -0.480 e. The Morgan fingerprint density at radius 3 is 2.45 bits per heavy atom. The van der Waals surface area contributed by atoms with Gasteiger partial charge in [0.2, 0.25) is 0 Å². The molecule has 1 aliphatic heterocycles. The summed E-state index contributed by atoms with van der Waals surface area (Å²) in [7, 11) is 2.10. The van der Waals surface area contributed by atoms with Gasteiger partial charge in [0.05, 0.1) is 0 Å². The summed E-state index contributed by atoms with van der Waals surface area (Å²) in [6.07, 6.45) is 2.24. The molecule has 1 unspecified atom stereocenters. The number of aliphatic carboxylic acids is 1. The number of fused-ring (bicyclic) bond motifs is 1. The lowest BCUT2D eigenvalue weighted by Gasteiger charge is -2.46. The van der Waals surface area contributed by atoms with E-state index in [2.05, 4.69) is 29.0 Å². The largest absolute Gasteiger partial charge is 0.480 e. The number of piperazine rings is 1. The van der Waals surface area contributed by atoms with Crippen molar-refractivity contribution >= 4 is 5.97 Å². The average Bonchev–Trinajstić information content (AvgIpc) is 2.47. The molecule has 0 spiro atoms. The third-order valence-corrected chi connectivity index (χ3v) is 4.92. The van der Waals surface area contributed by atoms with Crippen LogP contribution in [0.3, 0.4) is 0 Å². The van der Waals surface area contributed by atoms with Crippen LogP contribution in [0.1, 0.15) is 17.5 Å². The zero-order valence-corrected chi connectivity index (χ0v) is 12.0. The van der Waals surface area contributed by atoms with Crippen LogP contribution in [0.2, 0.25) is 0 Å². The van der Waals surface area contributed by atoms with Gasteiger partial charge in [0.1, 0.15) is 5.54 Å². The summed E-state index contributed by atoms with van der Waals surface area (Å²) in [5.41, 5.74) is 1.83. The monoisotopic (exact) mass is 274 g/mol. The molecule has 0 aromatic heterocycles. The molecule has 1 saturated heterocycles. The van der Waals surface area contributed by atoms with Gasteiger partial charge in [0.25, 0.3) is 0 Å². The van der Waals surface area contributed by atoms with Crippen LogP contribution in [0.15, 0.2) is 24.3 Å². The summed E-state index contributed by atoms with van der Waals surface area (Å²) in [5.74, 6) is -0.656. The fourth-order valence-corrected chi connectivity index (χ4v) is 3.54. The second-order valence-corrected chi connectivity index (χ2v) is 6.07. The molecule has 108 valence electrons. The van der Waals surface area contributed by atoms with E-state index in [0.29, 0.717) is 6.42 Å². The Kier molecular flexibility index (Phi) is 3.52. The number of rotatable bonds is 2. The summed E-state index contributed by atoms with van der Waals surface area (Å²) in [6.45, 7) is 3.61. The smallest absolute Gasteiger partial charge is 0.324 e. The maximum Gasteiger partial charge on any atom is 0.324 e. The van der Waals surface area contributed by atoms with Crippen LogP contribution >= 0.6 is 0 Å². The first kappa shape index (κ1) is 13.6. The number of carbonyl (C=O) groups is 1. The molecule has 0 amide bonds. The molecule has 1 aliphatic carbocycles. The maximum atomic E-state index is 12.0. The highest BCUT2D eigenvalue weighted by molar-refractivity contribution is 5.80. The van der Waals surface area contributed by atoms with Crippen molar-refractivity contribution in [2.45, 2.75) is 24.8 Å². The zero-order chi connectivity index (χ0) is 14.2. The number of carboxylic acids is 1. The molecule has 1 heterocycles. The van der Waals surface area contributed by atoms with Gasteiger partial charge in [0, 0.05) is 32.6 Å². The lowest BCUT2D eigenvalue weighted by Crippen LogP contribution is -2.62. The van der Waals surface area contributed by atoms with Crippen LogP contribution in [0, 0.1) is 0 Å².